The van der Waals surface area contributed by atoms with Gasteiger partial charge < -0.3 is 9.47 Å². The summed E-state index contributed by atoms with van der Waals surface area (Å²) in [6, 6.07) is 14.6. The van der Waals surface area contributed by atoms with Crippen molar-refractivity contribution in [2.45, 2.75) is 6.92 Å². The van der Waals surface area contributed by atoms with Crippen LogP contribution >= 0.6 is 11.6 Å². The van der Waals surface area contributed by atoms with Crippen LogP contribution in [0.15, 0.2) is 48.5 Å². The van der Waals surface area contributed by atoms with Crippen LogP contribution in [0.4, 0.5) is 0 Å². The van der Waals surface area contributed by atoms with Crippen LogP contribution in [0.5, 0.6) is 5.75 Å². The van der Waals surface area contributed by atoms with Gasteiger partial charge in [-0.05, 0) is 19.1 Å². The summed E-state index contributed by atoms with van der Waals surface area (Å²) in [6.07, 6.45) is 0. The largest absolute Gasteiger partial charge is 0.462 e. The van der Waals surface area contributed by atoms with Gasteiger partial charge in [0.2, 0.25) is 0 Å². The Bertz CT molecular complexity index is 1240. The van der Waals surface area contributed by atoms with Gasteiger partial charge in [0.1, 0.15) is 17.0 Å². The Morgan fingerprint density at radius 2 is 1.54 bits per heavy atom. The van der Waals surface area contributed by atoms with Gasteiger partial charge in [-0.3, -0.25) is 4.79 Å². The summed E-state index contributed by atoms with van der Waals surface area (Å²) in [6.45, 7) is 1.86. The molecule has 0 amide bonds. The molecule has 140 valence electrons. The highest BCUT2D eigenvalue weighted by atomic mass is 35.5. The van der Waals surface area contributed by atoms with Crippen LogP contribution in [0.1, 0.15) is 17.3 Å². The summed E-state index contributed by atoms with van der Waals surface area (Å²) in [4.78, 5) is 34.1. The van der Waals surface area contributed by atoms with Gasteiger partial charge in [0.05, 0.1) is 23.2 Å². The van der Waals surface area contributed by atoms with Gasteiger partial charge in [-0.2, -0.15) is 0 Å². The molecule has 0 spiro atoms. The van der Waals surface area contributed by atoms with Crippen molar-refractivity contribution >= 4 is 56.4 Å². The number of aromatic nitrogens is 2. The molecule has 0 radical (unpaired) electrons. The van der Waals surface area contributed by atoms with Gasteiger partial charge in [-0.15, -0.1) is 11.6 Å². The minimum Gasteiger partial charge on any atom is -0.462 e. The predicted molar refractivity (Wildman–Crippen MR) is 107 cm³/mol. The summed E-state index contributed by atoms with van der Waals surface area (Å²) in [5.74, 6) is -1.58. The zero-order valence-electron chi connectivity index (χ0n) is 14.9. The fourth-order valence-corrected chi connectivity index (χ4v) is 3.19. The zero-order valence-corrected chi connectivity index (χ0v) is 15.7. The molecule has 1 heterocycles. The van der Waals surface area contributed by atoms with E-state index in [2.05, 4.69) is 4.98 Å². The normalized spacial score (nSPS) is 11.1. The van der Waals surface area contributed by atoms with Crippen molar-refractivity contribution in [2.24, 2.45) is 0 Å². The minimum atomic E-state index is -0.675. The number of ether oxygens (including phenoxy) is 2. The first-order valence-electron chi connectivity index (χ1n) is 8.69. The summed E-state index contributed by atoms with van der Waals surface area (Å²) < 4.78 is 10.7. The number of carbonyl (C=O) groups is 2. The van der Waals surface area contributed by atoms with E-state index < -0.39 is 11.9 Å². The molecule has 0 atom stereocenters. The van der Waals surface area contributed by atoms with E-state index in [-0.39, 0.29) is 23.8 Å². The molecule has 4 aromatic rings. The number of rotatable bonds is 4. The van der Waals surface area contributed by atoms with E-state index in [1.54, 1.807) is 25.1 Å². The van der Waals surface area contributed by atoms with Gasteiger partial charge in [0.25, 0.3) is 0 Å². The van der Waals surface area contributed by atoms with Crippen LogP contribution in [-0.4, -0.2) is 34.4 Å². The zero-order chi connectivity index (χ0) is 19.7. The fraction of sp³-hybridized carbons (Fsp3) is 0.143. The van der Waals surface area contributed by atoms with E-state index in [4.69, 9.17) is 26.1 Å². The summed E-state index contributed by atoms with van der Waals surface area (Å²) in [5.41, 5.74) is 2.22. The van der Waals surface area contributed by atoms with Crippen LogP contribution in [0, 0.1) is 0 Å². The van der Waals surface area contributed by atoms with Crippen molar-refractivity contribution in [1.82, 2.24) is 9.97 Å². The topological polar surface area (TPSA) is 78.4 Å². The van der Waals surface area contributed by atoms with Crippen LogP contribution in [0.3, 0.4) is 0 Å². The van der Waals surface area contributed by atoms with Crippen LogP contribution in [-0.2, 0) is 9.53 Å². The number of halogens is 1. The molecular formula is C21H15ClN2O4. The van der Waals surface area contributed by atoms with Crippen molar-refractivity contribution in [3.05, 3.63) is 54.1 Å². The Labute approximate surface area is 165 Å². The molecule has 7 heteroatoms. The van der Waals surface area contributed by atoms with Crippen LogP contribution < -0.4 is 4.74 Å². The molecule has 0 unspecified atom stereocenters. The molecule has 0 fully saturated rings. The number of hydrogen-bond donors (Lipinski definition) is 0. The SMILES string of the molecule is CCOC(=O)c1c(OC(=O)CCl)c2ccccc2c2nc3ccccc3nc12. The molecule has 0 saturated heterocycles. The molecule has 4 rings (SSSR count). The van der Waals surface area contributed by atoms with Crippen molar-refractivity contribution in [3.63, 3.8) is 0 Å². The first-order chi connectivity index (χ1) is 13.6. The van der Waals surface area contributed by atoms with E-state index in [1.807, 2.05) is 30.3 Å². The van der Waals surface area contributed by atoms with E-state index >= 15 is 0 Å². The van der Waals surface area contributed by atoms with Crippen molar-refractivity contribution in [3.8, 4) is 5.75 Å². The smallest absolute Gasteiger partial charge is 0.344 e. The van der Waals surface area contributed by atoms with Gasteiger partial charge in [0.15, 0.2) is 5.75 Å². The minimum absolute atomic E-state index is 0.0623. The Kier molecular flexibility index (Phi) is 4.79. The third-order valence-corrected chi connectivity index (χ3v) is 4.48. The average Bonchev–Trinajstić information content (AvgIpc) is 2.72. The number of carbonyl (C=O) groups excluding carboxylic acids is 2. The van der Waals surface area contributed by atoms with E-state index in [0.29, 0.717) is 32.8 Å². The highest BCUT2D eigenvalue weighted by Gasteiger charge is 2.26. The molecule has 6 nitrogen and oxygen atoms in total. The maximum Gasteiger partial charge on any atom is 0.344 e. The average molecular weight is 395 g/mol. The molecule has 0 N–H and O–H groups in total. The quantitative estimate of drug-likeness (QED) is 0.169. The van der Waals surface area contributed by atoms with Crippen molar-refractivity contribution < 1.29 is 19.1 Å². The molecule has 0 saturated carbocycles. The first-order valence-corrected chi connectivity index (χ1v) is 9.22. The lowest BCUT2D eigenvalue weighted by Gasteiger charge is -2.15. The second kappa shape index (κ2) is 7.40. The van der Waals surface area contributed by atoms with E-state index in [0.717, 1.165) is 0 Å². The number of hydrogen-bond acceptors (Lipinski definition) is 6. The highest BCUT2D eigenvalue weighted by molar-refractivity contribution is 6.27. The number of esters is 2. The van der Waals surface area contributed by atoms with E-state index in [9.17, 15) is 9.59 Å². The summed E-state index contributed by atoms with van der Waals surface area (Å²) in [7, 11) is 0. The molecular weight excluding hydrogens is 380 g/mol. The Morgan fingerprint density at radius 3 is 2.18 bits per heavy atom. The predicted octanol–water partition coefficient (Wildman–Crippen LogP) is 4.26. The van der Waals surface area contributed by atoms with Crippen LogP contribution in [0.25, 0.3) is 32.8 Å². The number of alkyl halides is 1. The van der Waals surface area contributed by atoms with Crippen molar-refractivity contribution in [2.75, 3.05) is 12.5 Å². The Balaban J connectivity index is 2.19. The van der Waals surface area contributed by atoms with Crippen molar-refractivity contribution in [1.29, 1.82) is 0 Å². The highest BCUT2D eigenvalue weighted by Crippen LogP contribution is 2.38. The molecule has 3 aromatic carbocycles. The second-order valence-electron chi connectivity index (χ2n) is 5.99. The Hall–Kier alpha value is -3.25. The second-order valence-corrected chi connectivity index (χ2v) is 6.25. The molecule has 0 aliphatic rings. The number of benzene rings is 3. The number of para-hydroxylation sites is 2. The van der Waals surface area contributed by atoms with Gasteiger partial charge >= 0.3 is 11.9 Å². The lowest BCUT2D eigenvalue weighted by molar-refractivity contribution is -0.131. The molecule has 0 bridgehead atoms. The summed E-state index contributed by atoms with van der Waals surface area (Å²) >= 11 is 5.62. The summed E-state index contributed by atoms with van der Waals surface area (Å²) in [5, 5.41) is 1.27. The van der Waals surface area contributed by atoms with Crippen LogP contribution in [0.2, 0.25) is 0 Å². The Morgan fingerprint density at radius 1 is 0.929 bits per heavy atom. The third-order valence-electron chi connectivity index (χ3n) is 4.27. The fourth-order valence-electron chi connectivity index (χ4n) is 3.13. The number of nitrogens with zero attached hydrogens (tertiary/aromatic N) is 2. The molecule has 28 heavy (non-hydrogen) atoms. The van der Waals surface area contributed by atoms with Gasteiger partial charge in [-0.1, -0.05) is 36.4 Å². The standard InChI is InChI=1S/C21H15ClN2O4/c1-2-27-21(26)17-19-18(23-14-9-5-6-10-15(14)24-19)12-7-3-4-8-13(12)20(17)28-16(25)11-22/h3-10H,2,11H2,1H3. The monoisotopic (exact) mass is 394 g/mol. The van der Waals surface area contributed by atoms with E-state index in [1.165, 1.54) is 0 Å². The molecule has 1 aromatic heterocycles. The van der Waals surface area contributed by atoms with Gasteiger partial charge in [-0.25, -0.2) is 14.8 Å². The maximum atomic E-state index is 12.8. The molecule has 0 aliphatic carbocycles. The number of fused-ring (bicyclic) bond motifs is 4. The first kappa shape index (κ1) is 18.1. The maximum absolute atomic E-state index is 12.8. The third kappa shape index (κ3) is 3.01. The lowest BCUT2D eigenvalue weighted by Crippen LogP contribution is -2.15. The molecule has 0 aliphatic heterocycles. The van der Waals surface area contributed by atoms with Gasteiger partial charge in [0, 0.05) is 10.8 Å². The lowest BCUT2D eigenvalue weighted by atomic mass is 10.0.